The molecule has 0 N–H and O–H groups in total. The predicted octanol–water partition coefficient (Wildman–Crippen LogP) is 4.97. The molecule has 126 valence electrons. The molecule has 2 nitrogen and oxygen atoms in total. The molecule has 1 fully saturated rings. The van der Waals surface area contributed by atoms with E-state index in [9.17, 15) is 26.3 Å². The fourth-order valence-corrected chi connectivity index (χ4v) is 2.40. The van der Waals surface area contributed by atoms with Crippen molar-refractivity contribution in [2.24, 2.45) is 0 Å². The molecular weight excluding hydrogens is 302 g/mol. The Morgan fingerprint density at radius 2 is 1.33 bits per heavy atom. The van der Waals surface area contributed by atoms with Gasteiger partial charge in [0.25, 0.3) is 0 Å². The van der Waals surface area contributed by atoms with Gasteiger partial charge < -0.3 is 9.47 Å². The topological polar surface area (TPSA) is 18.5 Å². The average Bonchev–Trinajstić information content (AvgIpc) is 2.74. The number of halogens is 6. The molecule has 1 aliphatic rings. The van der Waals surface area contributed by atoms with Crippen molar-refractivity contribution in [2.45, 2.75) is 82.7 Å². The average molecular weight is 322 g/mol. The largest absolute Gasteiger partial charge is 0.453 e. The van der Waals surface area contributed by atoms with Crippen molar-refractivity contribution in [2.75, 3.05) is 0 Å². The third kappa shape index (κ3) is 3.83. The Kier molecular flexibility index (Phi) is 5.94. The fourth-order valence-electron chi connectivity index (χ4n) is 2.40. The highest BCUT2D eigenvalue weighted by Crippen LogP contribution is 2.52. The standard InChI is InChI=1S/C13H20F6O2/c1-3-5-6-7-8-10-9(4-2)20-11(21-10,12(14,15)16)13(17,18)19/h9-10H,3-8H2,1-2H3/t9-,10-/m1/s1. The molecule has 1 saturated heterocycles. The summed E-state index contributed by atoms with van der Waals surface area (Å²) in [5.41, 5.74) is 0. The van der Waals surface area contributed by atoms with E-state index in [4.69, 9.17) is 0 Å². The van der Waals surface area contributed by atoms with E-state index in [0.717, 1.165) is 19.3 Å². The summed E-state index contributed by atoms with van der Waals surface area (Å²) in [5, 5.41) is 0. The maximum atomic E-state index is 12.9. The Balaban J connectivity index is 2.86. The van der Waals surface area contributed by atoms with Gasteiger partial charge in [-0.2, -0.15) is 26.3 Å². The summed E-state index contributed by atoms with van der Waals surface area (Å²) < 4.78 is 85.9. The molecule has 1 aliphatic heterocycles. The first-order valence-corrected chi connectivity index (χ1v) is 7.08. The molecule has 0 aromatic carbocycles. The van der Waals surface area contributed by atoms with E-state index in [0.29, 0.717) is 6.42 Å². The van der Waals surface area contributed by atoms with Gasteiger partial charge >= 0.3 is 18.1 Å². The first-order valence-electron chi connectivity index (χ1n) is 7.08. The Hall–Kier alpha value is -0.500. The molecule has 0 unspecified atom stereocenters. The van der Waals surface area contributed by atoms with Gasteiger partial charge in [0.2, 0.25) is 0 Å². The minimum Gasteiger partial charge on any atom is -0.329 e. The van der Waals surface area contributed by atoms with Crippen molar-refractivity contribution >= 4 is 0 Å². The van der Waals surface area contributed by atoms with Crippen LogP contribution in [-0.2, 0) is 9.47 Å². The first kappa shape index (κ1) is 18.5. The molecule has 2 atom stereocenters. The molecule has 8 heteroatoms. The van der Waals surface area contributed by atoms with E-state index < -0.39 is 30.3 Å². The monoisotopic (exact) mass is 322 g/mol. The van der Waals surface area contributed by atoms with E-state index in [1.54, 1.807) is 0 Å². The minimum absolute atomic E-state index is 0.0341. The third-order valence-corrected chi connectivity index (χ3v) is 3.54. The Morgan fingerprint density at radius 3 is 1.76 bits per heavy atom. The van der Waals surface area contributed by atoms with Gasteiger partial charge in [0, 0.05) is 0 Å². The van der Waals surface area contributed by atoms with E-state index in [-0.39, 0.29) is 12.8 Å². The first-order chi connectivity index (χ1) is 9.59. The van der Waals surface area contributed by atoms with E-state index in [1.807, 2.05) is 6.92 Å². The Morgan fingerprint density at radius 1 is 0.810 bits per heavy atom. The maximum Gasteiger partial charge on any atom is 0.453 e. The zero-order chi connectivity index (χ0) is 16.3. The van der Waals surface area contributed by atoms with Crippen LogP contribution in [0.25, 0.3) is 0 Å². The lowest BCUT2D eigenvalue weighted by molar-refractivity contribution is -0.446. The van der Waals surface area contributed by atoms with Crippen molar-refractivity contribution < 1.29 is 35.8 Å². The normalized spacial score (nSPS) is 26.3. The van der Waals surface area contributed by atoms with Crippen LogP contribution in [0.4, 0.5) is 26.3 Å². The summed E-state index contributed by atoms with van der Waals surface area (Å²) in [6.45, 7) is 3.44. The van der Waals surface area contributed by atoms with Crippen molar-refractivity contribution in [3.05, 3.63) is 0 Å². The van der Waals surface area contributed by atoms with Gasteiger partial charge in [-0.3, -0.25) is 0 Å². The fraction of sp³-hybridized carbons (Fsp3) is 1.00. The van der Waals surface area contributed by atoms with Gasteiger partial charge in [-0.25, -0.2) is 0 Å². The second-order valence-corrected chi connectivity index (χ2v) is 5.18. The van der Waals surface area contributed by atoms with E-state index in [2.05, 4.69) is 9.47 Å². The Labute approximate surface area is 119 Å². The number of ether oxygens (including phenoxy) is 2. The number of unbranched alkanes of at least 4 members (excludes halogenated alkanes) is 3. The summed E-state index contributed by atoms with van der Waals surface area (Å²) in [6.07, 6.45) is -10.5. The van der Waals surface area contributed by atoms with Crippen molar-refractivity contribution in [3.63, 3.8) is 0 Å². The van der Waals surface area contributed by atoms with Gasteiger partial charge in [0.15, 0.2) is 0 Å². The molecule has 0 amide bonds. The molecule has 21 heavy (non-hydrogen) atoms. The molecule has 0 aromatic heterocycles. The highest BCUT2D eigenvalue weighted by Gasteiger charge is 2.78. The second-order valence-electron chi connectivity index (χ2n) is 5.18. The summed E-state index contributed by atoms with van der Waals surface area (Å²) in [4.78, 5) is 0. The molecule has 0 aliphatic carbocycles. The lowest BCUT2D eigenvalue weighted by Gasteiger charge is -2.31. The zero-order valence-corrected chi connectivity index (χ0v) is 12.0. The van der Waals surface area contributed by atoms with Crippen LogP contribution in [0.3, 0.4) is 0 Å². The van der Waals surface area contributed by atoms with Gasteiger partial charge in [0.05, 0.1) is 12.2 Å². The van der Waals surface area contributed by atoms with Crippen LogP contribution in [0.1, 0.15) is 52.4 Å². The zero-order valence-electron chi connectivity index (χ0n) is 12.0. The molecule has 1 heterocycles. The predicted molar refractivity (Wildman–Crippen MR) is 63.6 cm³/mol. The number of rotatable bonds is 6. The van der Waals surface area contributed by atoms with Crippen LogP contribution in [0.5, 0.6) is 0 Å². The number of hydrogen-bond donors (Lipinski definition) is 0. The van der Waals surface area contributed by atoms with E-state index >= 15 is 0 Å². The van der Waals surface area contributed by atoms with Gasteiger partial charge in [-0.05, 0) is 12.8 Å². The second kappa shape index (κ2) is 6.73. The summed E-state index contributed by atoms with van der Waals surface area (Å²) in [7, 11) is 0. The van der Waals surface area contributed by atoms with Crippen LogP contribution in [0.15, 0.2) is 0 Å². The third-order valence-electron chi connectivity index (χ3n) is 3.54. The number of alkyl halides is 6. The highest BCUT2D eigenvalue weighted by atomic mass is 19.4. The van der Waals surface area contributed by atoms with Gasteiger partial charge in [-0.1, -0.05) is 39.5 Å². The molecule has 0 spiro atoms. The highest BCUT2D eigenvalue weighted by molar-refractivity contribution is 4.95. The van der Waals surface area contributed by atoms with Crippen LogP contribution < -0.4 is 0 Å². The van der Waals surface area contributed by atoms with Gasteiger partial charge in [-0.15, -0.1) is 0 Å². The number of hydrogen-bond acceptors (Lipinski definition) is 2. The maximum absolute atomic E-state index is 12.9. The van der Waals surface area contributed by atoms with Crippen LogP contribution in [0.2, 0.25) is 0 Å². The van der Waals surface area contributed by atoms with Gasteiger partial charge in [0.1, 0.15) is 0 Å². The molecule has 0 radical (unpaired) electrons. The molecule has 0 aromatic rings. The Bertz CT molecular complexity index is 312. The van der Waals surface area contributed by atoms with Crippen molar-refractivity contribution in [1.82, 2.24) is 0 Å². The lowest BCUT2D eigenvalue weighted by atomic mass is 10.0. The summed E-state index contributed by atoms with van der Waals surface area (Å²) in [6, 6.07) is 0. The summed E-state index contributed by atoms with van der Waals surface area (Å²) in [5.74, 6) is -4.49. The lowest BCUT2D eigenvalue weighted by Crippen LogP contribution is -2.58. The summed E-state index contributed by atoms with van der Waals surface area (Å²) >= 11 is 0. The van der Waals surface area contributed by atoms with Crippen LogP contribution in [0, 0.1) is 0 Å². The molecule has 0 bridgehead atoms. The van der Waals surface area contributed by atoms with Crippen molar-refractivity contribution in [3.8, 4) is 0 Å². The van der Waals surface area contributed by atoms with Crippen molar-refractivity contribution in [1.29, 1.82) is 0 Å². The molecule has 0 saturated carbocycles. The molecule has 1 rings (SSSR count). The van der Waals surface area contributed by atoms with E-state index in [1.165, 1.54) is 6.92 Å². The quantitative estimate of drug-likeness (QED) is 0.508. The molecular formula is C13H20F6O2. The smallest absolute Gasteiger partial charge is 0.329 e. The van der Waals surface area contributed by atoms with Crippen LogP contribution in [-0.4, -0.2) is 30.3 Å². The minimum atomic E-state index is -5.66. The van der Waals surface area contributed by atoms with Crippen LogP contribution >= 0.6 is 0 Å². The SMILES string of the molecule is CCCCCC[C@H]1OC(C(F)(F)F)(C(F)(F)F)O[C@@H]1CC.